The first-order chi connectivity index (χ1) is 17.8. The number of carbonyl (C=O) groups is 2. The molecule has 37 heavy (non-hydrogen) atoms. The molecule has 4 rings (SSSR count). The Morgan fingerprint density at radius 1 is 0.892 bits per heavy atom. The molecule has 1 heterocycles. The third-order valence-corrected chi connectivity index (χ3v) is 5.55. The third kappa shape index (κ3) is 6.16. The van der Waals surface area contributed by atoms with E-state index in [-0.39, 0.29) is 24.5 Å². The molecule has 0 aliphatic carbocycles. The number of benzene rings is 3. The zero-order chi connectivity index (χ0) is 26.4. The van der Waals surface area contributed by atoms with Crippen LogP contribution in [0.15, 0.2) is 78.9 Å². The highest BCUT2D eigenvalue weighted by atomic mass is 19.4. The third-order valence-electron chi connectivity index (χ3n) is 5.55. The summed E-state index contributed by atoms with van der Waals surface area (Å²) in [5, 5.41) is 20.5. The van der Waals surface area contributed by atoms with Crippen LogP contribution in [0.25, 0.3) is 0 Å². The van der Waals surface area contributed by atoms with Gasteiger partial charge < -0.3 is 4.90 Å². The Bertz CT molecular complexity index is 1370. The van der Waals surface area contributed by atoms with Crippen LogP contribution in [-0.4, -0.2) is 42.1 Å². The molecule has 9 nitrogen and oxygen atoms in total. The number of alkyl halides is 3. The minimum Gasteiger partial charge on any atom is -0.327 e. The van der Waals surface area contributed by atoms with Crippen LogP contribution in [-0.2, 0) is 25.8 Å². The van der Waals surface area contributed by atoms with Crippen LogP contribution in [0.1, 0.15) is 43.2 Å². The summed E-state index contributed by atoms with van der Waals surface area (Å²) in [4.78, 5) is 26.3. The summed E-state index contributed by atoms with van der Waals surface area (Å²) >= 11 is 0. The molecule has 190 valence electrons. The van der Waals surface area contributed by atoms with E-state index < -0.39 is 29.1 Å². The van der Waals surface area contributed by atoms with Crippen molar-refractivity contribution in [3.05, 3.63) is 113 Å². The molecule has 4 aromatic rings. The van der Waals surface area contributed by atoms with E-state index in [1.165, 1.54) is 51.5 Å². The van der Waals surface area contributed by atoms with Gasteiger partial charge in [0, 0.05) is 12.1 Å². The molecule has 0 radical (unpaired) electrons. The first-order valence-electron chi connectivity index (χ1n) is 11.0. The lowest BCUT2D eigenvalue weighted by atomic mass is 10.0. The normalized spacial score (nSPS) is 11.2. The number of hydroxylamine groups is 1. The predicted octanol–water partition coefficient (Wildman–Crippen LogP) is 3.70. The number of amides is 2. The summed E-state index contributed by atoms with van der Waals surface area (Å²) in [5.41, 5.74) is 1.56. The zero-order valence-corrected chi connectivity index (χ0v) is 19.3. The van der Waals surface area contributed by atoms with Gasteiger partial charge in [0.15, 0.2) is 5.82 Å². The van der Waals surface area contributed by atoms with Crippen molar-refractivity contribution in [2.75, 3.05) is 0 Å². The second-order valence-electron chi connectivity index (χ2n) is 8.08. The quantitative estimate of drug-likeness (QED) is 0.276. The number of aromatic nitrogens is 4. The van der Waals surface area contributed by atoms with E-state index in [4.69, 9.17) is 5.21 Å². The van der Waals surface area contributed by atoms with Gasteiger partial charge in [-0.2, -0.15) is 13.2 Å². The molecule has 0 spiro atoms. The molecular weight excluding hydrogens is 489 g/mol. The first kappa shape index (κ1) is 25.5. The lowest BCUT2D eigenvalue weighted by Crippen LogP contribution is -2.33. The lowest BCUT2D eigenvalue weighted by molar-refractivity contribution is -0.138. The number of hydrogen-bond donors (Lipinski definition) is 2. The van der Waals surface area contributed by atoms with E-state index >= 15 is 0 Å². The number of carbonyl (C=O) groups excluding carboxylic acids is 2. The Labute approximate surface area is 209 Å². The Kier molecular flexibility index (Phi) is 7.58. The van der Waals surface area contributed by atoms with Gasteiger partial charge >= 0.3 is 6.18 Å². The Balaban J connectivity index is 1.67. The molecule has 0 aliphatic rings. The van der Waals surface area contributed by atoms with E-state index in [2.05, 4.69) is 15.5 Å². The van der Waals surface area contributed by atoms with Gasteiger partial charge in [0.25, 0.3) is 11.8 Å². The molecule has 0 bridgehead atoms. The van der Waals surface area contributed by atoms with Gasteiger partial charge in [-0.15, -0.1) is 5.10 Å². The molecule has 0 saturated carbocycles. The highest BCUT2D eigenvalue weighted by Gasteiger charge is 2.36. The van der Waals surface area contributed by atoms with Crippen molar-refractivity contribution in [3.8, 4) is 0 Å². The Morgan fingerprint density at radius 2 is 1.57 bits per heavy atom. The van der Waals surface area contributed by atoms with Crippen LogP contribution in [0.3, 0.4) is 0 Å². The first-order valence-corrected chi connectivity index (χ1v) is 11.0. The molecule has 0 aliphatic heterocycles. The van der Waals surface area contributed by atoms with Gasteiger partial charge in [-0.3, -0.25) is 14.8 Å². The topological polar surface area (TPSA) is 113 Å². The number of tetrazole rings is 1. The smallest absolute Gasteiger partial charge is 0.327 e. The van der Waals surface area contributed by atoms with Crippen molar-refractivity contribution >= 4 is 11.8 Å². The van der Waals surface area contributed by atoms with E-state index in [1.54, 1.807) is 0 Å². The monoisotopic (exact) mass is 510 g/mol. The summed E-state index contributed by atoms with van der Waals surface area (Å²) in [6.07, 6.45) is -4.73. The Morgan fingerprint density at radius 3 is 2.24 bits per heavy atom. The average molecular weight is 510 g/mol. The summed E-state index contributed by atoms with van der Waals surface area (Å²) < 4.78 is 42.5. The van der Waals surface area contributed by atoms with E-state index in [9.17, 15) is 22.8 Å². The molecular formula is C25H21F3N6O3. The number of hydrogen-bond acceptors (Lipinski definition) is 6. The van der Waals surface area contributed by atoms with Gasteiger partial charge in [0.05, 0.1) is 24.2 Å². The van der Waals surface area contributed by atoms with Crippen molar-refractivity contribution in [1.82, 2.24) is 30.6 Å². The maximum Gasteiger partial charge on any atom is 0.417 e. The zero-order valence-electron chi connectivity index (χ0n) is 19.3. The highest BCUT2D eigenvalue weighted by molar-refractivity contribution is 5.96. The minimum absolute atomic E-state index is 0.0930. The second kappa shape index (κ2) is 11.0. The van der Waals surface area contributed by atoms with Gasteiger partial charge in [0.2, 0.25) is 0 Å². The summed E-state index contributed by atoms with van der Waals surface area (Å²) in [7, 11) is 0. The molecule has 2 amide bonds. The van der Waals surface area contributed by atoms with Crippen LogP contribution in [0.2, 0.25) is 0 Å². The van der Waals surface area contributed by atoms with Crippen molar-refractivity contribution in [1.29, 1.82) is 0 Å². The fraction of sp³-hybridized carbons (Fsp3) is 0.160. The van der Waals surface area contributed by atoms with Crippen molar-refractivity contribution in [3.63, 3.8) is 0 Å². The van der Waals surface area contributed by atoms with E-state index in [1.807, 2.05) is 30.3 Å². The van der Waals surface area contributed by atoms with Crippen LogP contribution in [0.5, 0.6) is 0 Å². The lowest BCUT2D eigenvalue weighted by Gasteiger charge is -2.24. The largest absolute Gasteiger partial charge is 0.417 e. The minimum atomic E-state index is -4.73. The molecule has 3 aromatic carbocycles. The fourth-order valence-corrected chi connectivity index (χ4v) is 3.72. The molecule has 2 N–H and O–H groups in total. The number of halogens is 3. The maximum atomic E-state index is 13.7. The van der Waals surface area contributed by atoms with Crippen molar-refractivity contribution in [2.24, 2.45) is 0 Å². The molecule has 0 atom stereocenters. The van der Waals surface area contributed by atoms with E-state index in [0.29, 0.717) is 12.1 Å². The van der Waals surface area contributed by atoms with Gasteiger partial charge in [-0.1, -0.05) is 54.6 Å². The number of rotatable bonds is 8. The second-order valence-corrected chi connectivity index (χ2v) is 8.08. The SMILES string of the molecule is O=C(NO)c1ccc(CN(Cc2nnnn2Cc2ccccc2)C(=O)c2ccccc2C(F)(F)F)cc1. The van der Waals surface area contributed by atoms with E-state index in [0.717, 1.165) is 17.7 Å². The van der Waals surface area contributed by atoms with Crippen LogP contribution < -0.4 is 5.48 Å². The summed E-state index contributed by atoms with van der Waals surface area (Å²) in [5.74, 6) is -1.31. The summed E-state index contributed by atoms with van der Waals surface area (Å²) in [6, 6.07) is 19.8. The summed E-state index contributed by atoms with van der Waals surface area (Å²) in [6.45, 7) is 0.0310. The van der Waals surface area contributed by atoms with Crippen molar-refractivity contribution < 1.29 is 28.0 Å². The van der Waals surface area contributed by atoms with Crippen LogP contribution in [0.4, 0.5) is 13.2 Å². The molecule has 1 aromatic heterocycles. The van der Waals surface area contributed by atoms with Gasteiger partial charge in [-0.25, -0.2) is 10.2 Å². The fourth-order valence-electron chi connectivity index (χ4n) is 3.72. The average Bonchev–Trinajstić information content (AvgIpc) is 3.34. The maximum absolute atomic E-state index is 13.7. The van der Waals surface area contributed by atoms with Gasteiger partial charge in [-0.05, 0) is 45.8 Å². The number of nitrogens with one attached hydrogen (secondary N) is 1. The van der Waals surface area contributed by atoms with Crippen molar-refractivity contribution in [2.45, 2.75) is 25.8 Å². The molecule has 12 heteroatoms. The van der Waals surface area contributed by atoms with Crippen LogP contribution in [0, 0.1) is 0 Å². The number of nitrogens with zero attached hydrogens (tertiary/aromatic N) is 5. The molecule has 0 unspecified atom stereocenters. The molecule has 0 fully saturated rings. The van der Waals surface area contributed by atoms with Gasteiger partial charge in [0.1, 0.15) is 0 Å². The molecule has 0 saturated heterocycles. The van der Waals surface area contributed by atoms with Crippen LogP contribution >= 0.6 is 0 Å². The Hall–Kier alpha value is -4.58. The standard InChI is InChI=1S/C25H21F3N6O3/c26-25(27,28)21-9-5-4-8-20(21)24(36)33(14-18-10-12-19(13-11-18)23(35)30-37)16-22-29-31-32-34(22)15-17-6-2-1-3-7-17/h1-13,37H,14-16H2,(H,30,35). The predicted molar refractivity (Wildman–Crippen MR) is 124 cm³/mol. The highest BCUT2D eigenvalue weighted by Crippen LogP contribution is 2.32.